The van der Waals surface area contributed by atoms with Gasteiger partial charge in [-0.05, 0) is 54.9 Å². The first-order valence-corrected chi connectivity index (χ1v) is 10.1. The molecule has 3 N–H and O–H groups in total. The summed E-state index contributed by atoms with van der Waals surface area (Å²) in [7, 11) is 1.61. The molecule has 2 fully saturated rings. The Labute approximate surface area is 169 Å². The molecule has 2 spiro atoms. The van der Waals surface area contributed by atoms with Crippen LogP contribution < -0.4 is 15.4 Å². The third-order valence-corrected chi connectivity index (χ3v) is 6.93. The van der Waals surface area contributed by atoms with Crippen LogP contribution in [0.1, 0.15) is 43.7 Å². The number of urea groups is 1. The lowest BCUT2D eigenvalue weighted by Crippen LogP contribution is -2.55. The number of fused-ring (bicyclic) bond motifs is 2. The highest BCUT2D eigenvalue weighted by Crippen LogP contribution is 2.53. The molecule has 152 valence electrons. The van der Waals surface area contributed by atoms with E-state index in [0.29, 0.717) is 23.6 Å². The molecule has 0 unspecified atom stereocenters. The van der Waals surface area contributed by atoms with Gasteiger partial charge in [0.25, 0.3) is 5.91 Å². The van der Waals surface area contributed by atoms with Gasteiger partial charge in [0.15, 0.2) is 0 Å². The second-order valence-electron chi connectivity index (χ2n) is 8.33. The Hall–Kier alpha value is -1.83. The second kappa shape index (κ2) is 6.90. The normalized spacial score (nSPS) is 30.4. The van der Waals surface area contributed by atoms with Crippen LogP contribution in [0.4, 0.5) is 4.79 Å². The molecule has 1 saturated carbocycles. The summed E-state index contributed by atoms with van der Waals surface area (Å²) in [5, 5.41) is 15.4. The van der Waals surface area contributed by atoms with Crippen LogP contribution in [0.25, 0.3) is 0 Å². The Morgan fingerprint density at radius 3 is 2.57 bits per heavy atom. The van der Waals surface area contributed by atoms with Gasteiger partial charge in [0.1, 0.15) is 11.3 Å². The van der Waals surface area contributed by atoms with Crippen molar-refractivity contribution in [1.82, 2.24) is 15.5 Å². The minimum Gasteiger partial charge on any atom is -0.495 e. The number of amides is 3. The lowest BCUT2D eigenvalue weighted by Gasteiger charge is -2.47. The molecule has 3 aliphatic rings. The number of rotatable bonds is 4. The number of hydrogen-bond acceptors (Lipinski definition) is 5. The summed E-state index contributed by atoms with van der Waals surface area (Å²) in [4.78, 5) is 26.5. The van der Waals surface area contributed by atoms with E-state index in [1.807, 2.05) is 19.1 Å². The molecule has 1 aromatic carbocycles. The van der Waals surface area contributed by atoms with Gasteiger partial charge in [0, 0.05) is 25.2 Å². The lowest BCUT2D eigenvalue weighted by atomic mass is 9.69. The third kappa shape index (κ3) is 2.88. The average molecular weight is 408 g/mol. The van der Waals surface area contributed by atoms with Gasteiger partial charge in [-0.3, -0.25) is 15.0 Å². The van der Waals surface area contributed by atoms with E-state index < -0.39 is 11.6 Å². The van der Waals surface area contributed by atoms with Gasteiger partial charge < -0.3 is 15.2 Å². The molecule has 1 atom stereocenters. The van der Waals surface area contributed by atoms with Crippen LogP contribution in [0.2, 0.25) is 5.02 Å². The van der Waals surface area contributed by atoms with Crippen LogP contribution in [0.3, 0.4) is 0 Å². The minimum absolute atomic E-state index is 0.120. The van der Waals surface area contributed by atoms with E-state index in [1.165, 1.54) is 5.56 Å². The standard InChI is InChI=1S/C20H26ClN3O4/c1-12(11-25)9-24-10-13-7-15(21)16(28-2)8-14(13)20(24)5-3-19(4-6-20)17(26)22-18(27)23-19/h7-8,12,25H,3-6,9-11H2,1-2H3,(H2,22,23,26,27)/t12-,19?,20?/m1/s1. The molecule has 3 amide bonds. The molecule has 0 bridgehead atoms. The first-order valence-electron chi connectivity index (χ1n) is 9.70. The lowest BCUT2D eigenvalue weighted by molar-refractivity contribution is -0.126. The van der Waals surface area contributed by atoms with Gasteiger partial charge >= 0.3 is 6.03 Å². The van der Waals surface area contributed by atoms with E-state index in [9.17, 15) is 14.7 Å². The zero-order valence-corrected chi connectivity index (χ0v) is 16.9. The fourth-order valence-corrected chi connectivity index (χ4v) is 5.34. The Bertz CT molecular complexity index is 820. The average Bonchev–Trinajstić information content (AvgIpc) is 3.10. The van der Waals surface area contributed by atoms with E-state index in [4.69, 9.17) is 16.3 Å². The van der Waals surface area contributed by atoms with Crippen LogP contribution in [-0.4, -0.2) is 47.7 Å². The first kappa shape index (κ1) is 19.5. The molecular formula is C20H26ClN3O4. The van der Waals surface area contributed by atoms with Crippen molar-refractivity contribution in [3.63, 3.8) is 0 Å². The molecule has 2 aliphatic heterocycles. The van der Waals surface area contributed by atoms with Crippen LogP contribution in [0.15, 0.2) is 12.1 Å². The fraction of sp³-hybridized carbons (Fsp3) is 0.600. The van der Waals surface area contributed by atoms with Gasteiger partial charge in [0.05, 0.1) is 12.1 Å². The number of methoxy groups -OCH3 is 1. The highest BCUT2D eigenvalue weighted by atomic mass is 35.5. The van der Waals surface area contributed by atoms with Gasteiger partial charge in [-0.2, -0.15) is 0 Å². The van der Waals surface area contributed by atoms with Gasteiger partial charge in [-0.15, -0.1) is 0 Å². The monoisotopic (exact) mass is 407 g/mol. The molecule has 1 aliphatic carbocycles. The van der Waals surface area contributed by atoms with E-state index >= 15 is 0 Å². The molecule has 2 heterocycles. The van der Waals surface area contributed by atoms with Crippen molar-refractivity contribution in [3.05, 3.63) is 28.3 Å². The van der Waals surface area contributed by atoms with Crippen LogP contribution in [0.5, 0.6) is 5.75 Å². The predicted molar refractivity (Wildman–Crippen MR) is 104 cm³/mol. The van der Waals surface area contributed by atoms with Crippen molar-refractivity contribution in [2.45, 2.75) is 50.2 Å². The molecular weight excluding hydrogens is 382 g/mol. The number of nitrogens with zero attached hydrogens (tertiary/aromatic N) is 1. The molecule has 0 aromatic heterocycles. The Kier molecular flexibility index (Phi) is 4.80. The molecule has 7 nitrogen and oxygen atoms in total. The van der Waals surface area contributed by atoms with Crippen molar-refractivity contribution in [2.24, 2.45) is 5.92 Å². The summed E-state index contributed by atoms with van der Waals surface area (Å²) in [5.74, 6) is 0.549. The van der Waals surface area contributed by atoms with Crippen molar-refractivity contribution in [1.29, 1.82) is 0 Å². The molecule has 4 rings (SSSR count). The Balaban J connectivity index is 1.70. The number of carbonyl (C=O) groups is 2. The number of carbonyl (C=O) groups excluding carboxylic acids is 2. The smallest absolute Gasteiger partial charge is 0.322 e. The zero-order valence-electron chi connectivity index (χ0n) is 16.2. The van der Waals surface area contributed by atoms with E-state index in [2.05, 4.69) is 15.5 Å². The quantitative estimate of drug-likeness (QED) is 0.665. The third-order valence-electron chi connectivity index (χ3n) is 6.63. The minimum atomic E-state index is -0.810. The van der Waals surface area contributed by atoms with Crippen molar-refractivity contribution in [2.75, 3.05) is 20.3 Å². The maximum Gasteiger partial charge on any atom is 0.322 e. The van der Waals surface area contributed by atoms with E-state index in [1.54, 1.807) is 7.11 Å². The van der Waals surface area contributed by atoms with E-state index in [0.717, 1.165) is 31.5 Å². The summed E-state index contributed by atoms with van der Waals surface area (Å²) in [6.45, 7) is 3.64. The number of aliphatic hydroxyl groups excluding tert-OH is 1. The zero-order chi connectivity index (χ0) is 20.1. The molecule has 1 aromatic rings. The number of hydrogen-bond donors (Lipinski definition) is 3. The van der Waals surface area contributed by atoms with Gasteiger partial charge in [-0.25, -0.2) is 4.79 Å². The first-order chi connectivity index (χ1) is 13.3. The number of aliphatic hydroxyl groups is 1. The van der Waals surface area contributed by atoms with Crippen LogP contribution in [0, 0.1) is 5.92 Å². The number of benzene rings is 1. The Morgan fingerprint density at radius 2 is 2.00 bits per heavy atom. The number of halogens is 1. The highest BCUT2D eigenvalue weighted by Gasteiger charge is 2.55. The van der Waals surface area contributed by atoms with Crippen molar-refractivity contribution < 1.29 is 19.4 Å². The van der Waals surface area contributed by atoms with Crippen LogP contribution >= 0.6 is 11.6 Å². The number of imide groups is 1. The Morgan fingerprint density at radius 1 is 1.29 bits per heavy atom. The van der Waals surface area contributed by atoms with Crippen molar-refractivity contribution >= 4 is 23.5 Å². The SMILES string of the molecule is COc1cc2c(cc1Cl)CN(C[C@@H](C)CO)C21CCC2(CC1)NC(=O)NC2=O. The maximum atomic E-state index is 12.4. The van der Waals surface area contributed by atoms with Crippen LogP contribution in [-0.2, 0) is 16.9 Å². The molecule has 28 heavy (non-hydrogen) atoms. The second-order valence-corrected chi connectivity index (χ2v) is 8.74. The maximum absolute atomic E-state index is 12.4. The van der Waals surface area contributed by atoms with Gasteiger partial charge in [0.2, 0.25) is 0 Å². The van der Waals surface area contributed by atoms with Crippen molar-refractivity contribution in [3.8, 4) is 5.75 Å². The fourth-order valence-electron chi connectivity index (χ4n) is 5.07. The summed E-state index contributed by atoms with van der Waals surface area (Å²) in [6, 6.07) is 3.58. The highest BCUT2D eigenvalue weighted by molar-refractivity contribution is 6.32. The summed E-state index contributed by atoms with van der Waals surface area (Å²) >= 11 is 6.37. The largest absolute Gasteiger partial charge is 0.495 e. The topological polar surface area (TPSA) is 90.9 Å². The summed E-state index contributed by atoms with van der Waals surface area (Å²) in [6.07, 6.45) is 2.60. The number of ether oxygens (including phenoxy) is 1. The molecule has 0 radical (unpaired) electrons. The molecule has 1 saturated heterocycles. The summed E-state index contributed by atoms with van der Waals surface area (Å²) < 4.78 is 5.45. The summed E-state index contributed by atoms with van der Waals surface area (Å²) in [5.41, 5.74) is 1.27. The number of nitrogens with one attached hydrogen (secondary N) is 2. The molecule has 8 heteroatoms. The van der Waals surface area contributed by atoms with Gasteiger partial charge in [-0.1, -0.05) is 18.5 Å². The predicted octanol–water partition coefficient (Wildman–Crippen LogP) is 2.14. The van der Waals surface area contributed by atoms with E-state index in [-0.39, 0.29) is 24.0 Å².